The molecule has 0 bridgehead atoms. The third-order valence-corrected chi connectivity index (χ3v) is 8.12. The Balaban J connectivity index is 1.16. The zero-order valence-electron chi connectivity index (χ0n) is 29.2. The van der Waals surface area contributed by atoms with Gasteiger partial charge in [-0.1, -0.05) is 25.8 Å². The highest BCUT2D eigenvalue weighted by Crippen LogP contribution is 2.31. The number of hydrogen-bond acceptors (Lipinski definition) is 8. The lowest BCUT2D eigenvalue weighted by molar-refractivity contribution is -0.140. The fourth-order valence-corrected chi connectivity index (χ4v) is 5.40. The number of fused-ring (bicyclic) bond motifs is 1. The minimum atomic E-state index is -4.38. The molecule has 0 spiro atoms. The average Bonchev–Trinajstić information content (AvgIpc) is 3.43. The number of hydrogen-bond donors (Lipinski definition) is 3. The molecule has 3 N–H and O–H groups in total. The van der Waals surface area contributed by atoms with Crippen LogP contribution in [-0.2, 0) is 25.5 Å². The fourth-order valence-electron chi connectivity index (χ4n) is 5.40. The van der Waals surface area contributed by atoms with Gasteiger partial charge in [0.25, 0.3) is 0 Å². The van der Waals surface area contributed by atoms with Gasteiger partial charge in [-0.05, 0) is 81.4 Å². The second-order valence-corrected chi connectivity index (χ2v) is 12.5. The Morgan fingerprint density at radius 2 is 1.60 bits per heavy atom. The number of nitrogens with one attached hydrogen (secondary N) is 3. The molecular formula is C37H50F3N5O5. The number of aromatic nitrogens is 1. The van der Waals surface area contributed by atoms with Crippen LogP contribution in [0, 0.1) is 17.8 Å². The highest BCUT2D eigenvalue weighted by molar-refractivity contribution is 5.94. The van der Waals surface area contributed by atoms with Crippen LogP contribution in [0.4, 0.5) is 24.5 Å². The first kappa shape index (κ1) is 38.8. The van der Waals surface area contributed by atoms with Gasteiger partial charge in [0.2, 0.25) is 5.91 Å². The summed E-state index contributed by atoms with van der Waals surface area (Å²) in [4.78, 5) is 13.7. The van der Waals surface area contributed by atoms with Gasteiger partial charge < -0.3 is 44.4 Å². The van der Waals surface area contributed by atoms with Gasteiger partial charge >= 0.3 is 6.18 Å². The molecule has 4 rings (SSSR count). The van der Waals surface area contributed by atoms with Gasteiger partial charge in [0.05, 0.1) is 57.4 Å². The molecule has 13 heteroatoms. The first-order valence-corrected chi connectivity index (χ1v) is 17.2. The monoisotopic (exact) mass is 701 g/mol. The smallest absolute Gasteiger partial charge is 0.406 e. The van der Waals surface area contributed by atoms with E-state index in [4.69, 9.17) is 18.9 Å². The number of rotatable bonds is 19. The van der Waals surface area contributed by atoms with Crippen molar-refractivity contribution in [1.29, 1.82) is 0 Å². The van der Waals surface area contributed by atoms with Gasteiger partial charge in [0.15, 0.2) is 0 Å². The SMILES string of the molecule is CC(C)C(=O)NCCOCCOCCOCCOc1ccc(NCC#Cc2cc3c(NC4CCN(C)CC4)cccc3n2CC(F)(F)F)cc1. The summed E-state index contributed by atoms with van der Waals surface area (Å²) >= 11 is 0. The Bertz CT molecular complexity index is 1530. The lowest BCUT2D eigenvalue weighted by Gasteiger charge is -2.30. The second kappa shape index (κ2) is 20.0. The Kier molecular flexibility index (Phi) is 15.6. The molecule has 1 aliphatic rings. The van der Waals surface area contributed by atoms with Crippen molar-refractivity contribution in [3.8, 4) is 17.6 Å². The van der Waals surface area contributed by atoms with Gasteiger partial charge in [0, 0.05) is 35.3 Å². The summed E-state index contributed by atoms with van der Waals surface area (Å²) in [6.45, 7) is 8.29. The maximum Gasteiger partial charge on any atom is 0.406 e. The van der Waals surface area contributed by atoms with Crippen LogP contribution in [0.15, 0.2) is 48.5 Å². The highest BCUT2D eigenvalue weighted by atomic mass is 19.4. The van der Waals surface area contributed by atoms with E-state index >= 15 is 0 Å². The van der Waals surface area contributed by atoms with Crippen molar-refractivity contribution in [2.75, 3.05) is 90.1 Å². The Morgan fingerprint density at radius 3 is 2.26 bits per heavy atom. The maximum atomic E-state index is 13.6. The van der Waals surface area contributed by atoms with Crippen LogP contribution in [0.1, 0.15) is 32.4 Å². The zero-order valence-corrected chi connectivity index (χ0v) is 29.2. The quantitative estimate of drug-likeness (QED) is 0.113. The third-order valence-electron chi connectivity index (χ3n) is 8.12. The van der Waals surface area contributed by atoms with Crippen molar-refractivity contribution in [3.63, 3.8) is 0 Å². The number of anilines is 2. The first-order chi connectivity index (χ1) is 24.1. The molecule has 2 aromatic carbocycles. The van der Waals surface area contributed by atoms with E-state index in [9.17, 15) is 18.0 Å². The number of carbonyl (C=O) groups is 1. The van der Waals surface area contributed by atoms with E-state index in [2.05, 4.69) is 39.7 Å². The van der Waals surface area contributed by atoms with Gasteiger partial charge in [-0.2, -0.15) is 13.2 Å². The van der Waals surface area contributed by atoms with Crippen LogP contribution >= 0.6 is 0 Å². The summed E-state index contributed by atoms with van der Waals surface area (Å²) in [6, 6.07) is 14.8. The molecule has 1 aliphatic heterocycles. The van der Waals surface area contributed by atoms with Crippen LogP contribution < -0.4 is 20.7 Å². The molecule has 1 aromatic heterocycles. The van der Waals surface area contributed by atoms with Crippen molar-refractivity contribution in [3.05, 3.63) is 54.2 Å². The van der Waals surface area contributed by atoms with Gasteiger partial charge in [0.1, 0.15) is 18.9 Å². The van der Waals surface area contributed by atoms with Crippen LogP contribution in [0.2, 0.25) is 0 Å². The molecule has 0 atom stereocenters. The summed E-state index contributed by atoms with van der Waals surface area (Å²) in [7, 11) is 2.10. The fraction of sp³-hybridized carbons (Fsp3) is 0.541. The zero-order chi connectivity index (χ0) is 35.8. The average molecular weight is 702 g/mol. The predicted octanol–water partition coefficient (Wildman–Crippen LogP) is 5.37. The van der Waals surface area contributed by atoms with Gasteiger partial charge in [-0.25, -0.2) is 0 Å². The number of alkyl halides is 3. The van der Waals surface area contributed by atoms with Crippen LogP contribution in [0.5, 0.6) is 5.75 Å². The topological polar surface area (TPSA) is 98.2 Å². The standard InChI is InChI=1S/C37H50F3N5O5/c1-28(2)36(46)42-16-19-47-20-21-48-22-23-49-24-25-50-32-11-9-29(10-12-32)41-15-5-6-31-26-33-34(43-30-13-17-44(3)18-14-30)7-4-8-35(33)45(31)27-37(38,39)40/h4,7-12,26,28,30,41,43H,13-25,27H2,1-3H3,(H,42,46). The Morgan fingerprint density at radius 1 is 0.940 bits per heavy atom. The summed E-state index contributed by atoms with van der Waals surface area (Å²) in [5, 5.41) is 10.3. The molecular weight excluding hydrogens is 651 g/mol. The molecule has 274 valence electrons. The number of likely N-dealkylation sites (tertiary alicyclic amines) is 1. The number of ether oxygens (including phenoxy) is 4. The molecule has 1 saturated heterocycles. The normalized spacial score (nSPS) is 14.1. The van der Waals surface area contributed by atoms with Crippen LogP contribution in [-0.4, -0.2) is 107 Å². The number of carbonyl (C=O) groups excluding carboxylic acids is 1. The Labute approximate surface area is 292 Å². The molecule has 1 amide bonds. The van der Waals surface area contributed by atoms with Crippen LogP contribution in [0.3, 0.4) is 0 Å². The van der Waals surface area contributed by atoms with E-state index in [0.717, 1.165) is 42.7 Å². The number of piperidine rings is 1. The minimum Gasteiger partial charge on any atom is -0.491 e. The largest absolute Gasteiger partial charge is 0.491 e. The summed E-state index contributed by atoms with van der Waals surface area (Å²) in [5.41, 5.74) is 2.48. The van der Waals surface area contributed by atoms with Gasteiger partial charge in [-0.15, -0.1) is 0 Å². The number of nitrogens with zero attached hydrogens (tertiary/aromatic N) is 2. The maximum absolute atomic E-state index is 13.6. The molecule has 2 heterocycles. The molecule has 0 unspecified atom stereocenters. The molecule has 0 saturated carbocycles. The van der Waals surface area contributed by atoms with Crippen molar-refractivity contribution >= 4 is 28.2 Å². The van der Waals surface area contributed by atoms with E-state index < -0.39 is 12.7 Å². The van der Waals surface area contributed by atoms with Crippen molar-refractivity contribution in [2.24, 2.45) is 5.92 Å². The molecule has 3 aromatic rings. The molecule has 0 radical (unpaired) electrons. The highest BCUT2D eigenvalue weighted by Gasteiger charge is 2.30. The summed E-state index contributed by atoms with van der Waals surface area (Å²) in [5.74, 6) is 6.61. The lowest BCUT2D eigenvalue weighted by Crippen LogP contribution is -2.36. The van der Waals surface area contributed by atoms with Crippen LogP contribution in [0.25, 0.3) is 10.9 Å². The summed E-state index contributed by atoms with van der Waals surface area (Å²) < 4.78 is 64.2. The van der Waals surface area contributed by atoms with Crippen molar-refractivity contribution in [2.45, 2.75) is 45.5 Å². The first-order valence-electron chi connectivity index (χ1n) is 17.2. The predicted molar refractivity (Wildman–Crippen MR) is 190 cm³/mol. The lowest BCUT2D eigenvalue weighted by atomic mass is 10.0. The molecule has 1 fully saturated rings. The van der Waals surface area contributed by atoms with E-state index in [1.54, 1.807) is 18.2 Å². The van der Waals surface area contributed by atoms with E-state index in [1.165, 1.54) is 4.57 Å². The molecule has 10 nitrogen and oxygen atoms in total. The minimum absolute atomic E-state index is 0.0118. The summed E-state index contributed by atoms with van der Waals surface area (Å²) in [6.07, 6.45) is -2.42. The third kappa shape index (κ3) is 13.4. The van der Waals surface area contributed by atoms with E-state index in [0.29, 0.717) is 69.8 Å². The van der Waals surface area contributed by atoms with E-state index in [1.807, 2.05) is 44.2 Å². The number of halogens is 3. The molecule has 50 heavy (non-hydrogen) atoms. The number of amides is 1. The molecule has 0 aliphatic carbocycles. The number of benzene rings is 2. The van der Waals surface area contributed by atoms with Crippen molar-refractivity contribution in [1.82, 2.24) is 14.8 Å². The van der Waals surface area contributed by atoms with E-state index in [-0.39, 0.29) is 24.4 Å². The second-order valence-electron chi connectivity index (χ2n) is 12.5. The van der Waals surface area contributed by atoms with Gasteiger partial charge in [-0.3, -0.25) is 4.79 Å². The Hall–Kier alpha value is -3.96. The van der Waals surface area contributed by atoms with Crippen molar-refractivity contribution < 1.29 is 36.9 Å².